The van der Waals surface area contributed by atoms with Gasteiger partial charge in [-0.15, -0.1) is 0 Å². The predicted octanol–water partition coefficient (Wildman–Crippen LogP) is 0.411. The summed E-state index contributed by atoms with van der Waals surface area (Å²) in [5, 5.41) is 3.44. The molecule has 5 nitrogen and oxygen atoms in total. The van der Waals surface area contributed by atoms with Gasteiger partial charge in [0.2, 0.25) is 5.91 Å². The first kappa shape index (κ1) is 15.7. The highest BCUT2D eigenvalue weighted by molar-refractivity contribution is 5.79. The molecule has 2 heterocycles. The number of ether oxygens (including phenoxy) is 1. The van der Waals surface area contributed by atoms with Gasteiger partial charge >= 0.3 is 0 Å². The Morgan fingerprint density at radius 3 is 2.90 bits per heavy atom. The fourth-order valence-electron chi connectivity index (χ4n) is 3.26. The van der Waals surface area contributed by atoms with Crippen molar-refractivity contribution >= 4 is 5.91 Å². The summed E-state index contributed by atoms with van der Waals surface area (Å²) in [5.41, 5.74) is 0. The monoisotopic (exact) mass is 283 g/mol. The lowest BCUT2D eigenvalue weighted by Gasteiger charge is -2.26. The van der Waals surface area contributed by atoms with Gasteiger partial charge in [-0.1, -0.05) is 6.92 Å². The molecule has 3 unspecified atom stereocenters. The maximum Gasteiger partial charge on any atom is 0.229 e. The quantitative estimate of drug-likeness (QED) is 0.767. The van der Waals surface area contributed by atoms with E-state index in [9.17, 15) is 4.79 Å². The van der Waals surface area contributed by atoms with Gasteiger partial charge in [0, 0.05) is 26.2 Å². The fourth-order valence-corrected chi connectivity index (χ4v) is 3.26. The van der Waals surface area contributed by atoms with E-state index in [0.29, 0.717) is 19.1 Å². The van der Waals surface area contributed by atoms with E-state index >= 15 is 0 Å². The van der Waals surface area contributed by atoms with Crippen molar-refractivity contribution in [3.63, 3.8) is 0 Å². The zero-order valence-electron chi connectivity index (χ0n) is 13.1. The maximum atomic E-state index is 12.6. The molecule has 0 bridgehead atoms. The van der Waals surface area contributed by atoms with Crippen LogP contribution in [0.1, 0.15) is 19.8 Å². The van der Waals surface area contributed by atoms with Gasteiger partial charge < -0.3 is 19.9 Å². The summed E-state index contributed by atoms with van der Waals surface area (Å²) in [6.07, 6.45) is 2.29. The van der Waals surface area contributed by atoms with Gasteiger partial charge in [-0.25, -0.2) is 0 Å². The van der Waals surface area contributed by atoms with Crippen LogP contribution < -0.4 is 5.32 Å². The number of likely N-dealkylation sites (tertiary alicyclic amines) is 1. The Bertz CT molecular complexity index is 324. The number of carbonyl (C=O) groups is 1. The molecular formula is C15H29N3O2. The number of carbonyl (C=O) groups excluding carboxylic acids is 1. The normalized spacial score (nSPS) is 30.9. The summed E-state index contributed by atoms with van der Waals surface area (Å²) in [7, 11) is 4.09. The first-order valence-corrected chi connectivity index (χ1v) is 7.86. The number of nitrogens with one attached hydrogen (secondary N) is 1. The second-order valence-electron chi connectivity index (χ2n) is 6.34. The molecule has 20 heavy (non-hydrogen) atoms. The zero-order valence-corrected chi connectivity index (χ0v) is 13.1. The second-order valence-corrected chi connectivity index (χ2v) is 6.34. The molecule has 2 saturated heterocycles. The van der Waals surface area contributed by atoms with Crippen molar-refractivity contribution in [1.29, 1.82) is 0 Å². The van der Waals surface area contributed by atoms with Crippen molar-refractivity contribution in [3.8, 4) is 0 Å². The average Bonchev–Trinajstić information content (AvgIpc) is 3.04. The van der Waals surface area contributed by atoms with Gasteiger partial charge in [0.15, 0.2) is 0 Å². The van der Waals surface area contributed by atoms with Gasteiger partial charge in [-0.05, 0) is 38.9 Å². The van der Waals surface area contributed by atoms with E-state index in [1.165, 1.54) is 6.42 Å². The highest BCUT2D eigenvalue weighted by atomic mass is 16.5. The van der Waals surface area contributed by atoms with Crippen LogP contribution in [0.2, 0.25) is 0 Å². The van der Waals surface area contributed by atoms with Crippen molar-refractivity contribution in [2.24, 2.45) is 11.8 Å². The molecule has 1 N–H and O–H groups in total. The molecule has 2 fully saturated rings. The van der Waals surface area contributed by atoms with Crippen LogP contribution in [0.25, 0.3) is 0 Å². The Hall–Kier alpha value is -0.650. The molecule has 0 aromatic rings. The summed E-state index contributed by atoms with van der Waals surface area (Å²) in [5.74, 6) is 0.856. The molecule has 2 aliphatic heterocycles. The van der Waals surface area contributed by atoms with Crippen LogP contribution >= 0.6 is 0 Å². The van der Waals surface area contributed by atoms with Gasteiger partial charge in [0.25, 0.3) is 0 Å². The molecule has 2 rings (SSSR count). The predicted molar refractivity (Wildman–Crippen MR) is 79.6 cm³/mol. The molecule has 0 radical (unpaired) electrons. The second kappa shape index (κ2) is 7.38. The Balaban J connectivity index is 1.82. The summed E-state index contributed by atoms with van der Waals surface area (Å²) < 4.78 is 5.51. The van der Waals surface area contributed by atoms with Crippen LogP contribution in [0.15, 0.2) is 0 Å². The van der Waals surface area contributed by atoms with E-state index in [1.807, 2.05) is 11.9 Å². The number of rotatable bonds is 6. The van der Waals surface area contributed by atoms with E-state index in [2.05, 4.69) is 24.2 Å². The summed E-state index contributed by atoms with van der Waals surface area (Å²) >= 11 is 0. The Labute approximate surface area is 122 Å². The van der Waals surface area contributed by atoms with Crippen LogP contribution in [-0.4, -0.2) is 75.2 Å². The third kappa shape index (κ3) is 3.93. The smallest absolute Gasteiger partial charge is 0.229 e. The van der Waals surface area contributed by atoms with E-state index in [-0.39, 0.29) is 17.9 Å². The van der Waals surface area contributed by atoms with Crippen molar-refractivity contribution in [1.82, 2.24) is 15.1 Å². The maximum absolute atomic E-state index is 12.6. The largest absolute Gasteiger partial charge is 0.379 e. The highest BCUT2D eigenvalue weighted by Gasteiger charge is 2.36. The lowest BCUT2D eigenvalue weighted by Crippen LogP contribution is -2.46. The van der Waals surface area contributed by atoms with Gasteiger partial charge in [-0.3, -0.25) is 4.79 Å². The standard InChI is InChI=1S/C15H29N3O2/c1-4-6-16-14-11-20-10-13(14)15(19)18(3)9-12-5-7-17(2)8-12/h12-14,16H,4-11H2,1-3H3. The highest BCUT2D eigenvalue weighted by Crippen LogP contribution is 2.19. The van der Waals surface area contributed by atoms with E-state index in [4.69, 9.17) is 4.74 Å². The fraction of sp³-hybridized carbons (Fsp3) is 0.933. The minimum atomic E-state index is -0.00863. The number of amides is 1. The molecule has 1 amide bonds. The van der Waals surface area contributed by atoms with Gasteiger partial charge in [-0.2, -0.15) is 0 Å². The SMILES string of the molecule is CCCNC1COCC1C(=O)N(C)CC1CCN(C)C1. The zero-order chi connectivity index (χ0) is 14.5. The molecule has 0 aromatic carbocycles. The topological polar surface area (TPSA) is 44.8 Å². The first-order valence-electron chi connectivity index (χ1n) is 7.86. The van der Waals surface area contributed by atoms with E-state index in [0.717, 1.165) is 32.6 Å². The molecule has 0 aliphatic carbocycles. The lowest BCUT2D eigenvalue weighted by atomic mass is 10.0. The third-order valence-electron chi connectivity index (χ3n) is 4.45. The molecule has 5 heteroatoms. The van der Waals surface area contributed by atoms with Crippen LogP contribution in [0.3, 0.4) is 0 Å². The lowest BCUT2D eigenvalue weighted by molar-refractivity contribution is -0.135. The number of hydrogen-bond donors (Lipinski definition) is 1. The third-order valence-corrected chi connectivity index (χ3v) is 4.45. The Kier molecular flexibility index (Phi) is 5.81. The number of nitrogens with zero attached hydrogens (tertiary/aromatic N) is 2. The molecule has 0 spiro atoms. The molecule has 116 valence electrons. The van der Waals surface area contributed by atoms with Crippen molar-refractivity contribution < 1.29 is 9.53 Å². The number of hydrogen-bond acceptors (Lipinski definition) is 4. The van der Waals surface area contributed by atoms with E-state index < -0.39 is 0 Å². The van der Waals surface area contributed by atoms with Crippen molar-refractivity contribution in [3.05, 3.63) is 0 Å². The van der Waals surface area contributed by atoms with Crippen LogP contribution in [0, 0.1) is 11.8 Å². The summed E-state index contributed by atoms with van der Waals surface area (Å²) in [6, 6.07) is 0.191. The molecule has 0 aromatic heterocycles. The molecule has 2 aliphatic rings. The minimum absolute atomic E-state index is 0.00863. The van der Waals surface area contributed by atoms with Crippen LogP contribution in [-0.2, 0) is 9.53 Å². The van der Waals surface area contributed by atoms with Crippen LogP contribution in [0.5, 0.6) is 0 Å². The van der Waals surface area contributed by atoms with Crippen LogP contribution in [0.4, 0.5) is 0 Å². The Morgan fingerprint density at radius 2 is 2.25 bits per heavy atom. The molecule has 0 saturated carbocycles. The van der Waals surface area contributed by atoms with Crippen molar-refractivity contribution in [2.45, 2.75) is 25.8 Å². The van der Waals surface area contributed by atoms with Crippen molar-refractivity contribution in [2.75, 3.05) is 53.5 Å². The molecular weight excluding hydrogens is 254 g/mol. The minimum Gasteiger partial charge on any atom is -0.379 e. The first-order chi connectivity index (χ1) is 9.61. The summed E-state index contributed by atoms with van der Waals surface area (Å²) in [4.78, 5) is 16.8. The Morgan fingerprint density at radius 1 is 1.45 bits per heavy atom. The van der Waals surface area contributed by atoms with E-state index in [1.54, 1.807) is 0 Å². The molecule has 3 atom stereocenters. The summed E-state index contributed by atoms with van der Waals surface area (Å²) in [6.45, 7) is 7.46. The average molecular weight is 283 g/mol. The van der Waals surface area contributed by atoms with Gasteiger partial charge in [0.1, 0.15) is 0 Å². The van der Waals surface area contributed by atoms with Gasteiger partial charge in [0.05, 0.1) is 19.1 Å².